The highest BCUT2D eigenvalue weighted by Crippen LogP contribution is 2.25. The number of nitrogens with zero attached hydrogens (tertiary/aromatic N) is 2. The average Bonchev–Trinajstić information content (AvgIpc) is 2.91. The summed E-state index contributed by atoms with van der Waals surface area (Å²) in [5, 5.41) is 2.77. The summed E-state index contributed by atoms with van der Waals surface area (Å²) in [6.07, 6.45) is 0.767. The maximum absolute atomic E-state index is 14.6. The van der Waals surface area contributed by atoms with Gasteiger partial charge >= 0.3 is 0 Å². The highest BCUT2D eigenvalue weighted by Gasteiger charge is 2.33. The highest BCUT2D eigenvalue weighted by atomic mass is 32.2. The Morgan fingerprint density at radius 2 is 1.50 bits per heavy atom. The highest BCUT2D eigenvalue weighted by molar-refractivity contribution is 7.92. The van der Waals surface area contributed by atoms with Crippen molar-refractivity contribution in [2.75, 3.05) is 10.8 Å². The maximum atomic E-state index is 14.6. The molecule has 2 amide bonds. The van der Waals surface area contributed by atoms with Gasteiger partial charge in [0.1, 0.15) is 18.4 Å². The Balaban J connectivity index is 2.03. The number of sulfonamides is 1. The Morgan fingerprint density at radius 1 is 0.895 bits per heavy atom. The lowest BCUT2D eigenvalue weighted by molar-refractivity contribution is -0.139. The van der Waals surface area contributed by atoms with Gasteiger partial charge in [0.15, 0.2) is 0 Å². The SMILES string of the molecule is CCc1ccc(N(CC(=O)N(Cc2ccccc2F)[C@@H](C)C(=O)NC(C)C)S(=O)(=O)c2ccccc2)cc1. The van der Waals surface area contributed by atoms with Crippen molar-refractivity contribution in [1.29, 1.82) is 0 Å². The molecule has 1 N–H and O–H groups in total. The molecule has 0 aliphatic heterocycles. The number of amides is 2. The summed E-state index contributed by atoms with van der Waals surface area (Å²) in [7, 11) is -4.14. The van der Waals surface area contributed by atoms with Gasteiger partial charge in [-0.05, 0) is 63.1 Å². The molecule has 1 atom stereocenters. The zero-order chi connectivity index (χ0) is 27.9. The van der Waals surface area contributed by atoms with E-state index in [0.717, 1.165) is 16.3 Å². The summed E-state index contributed by atoms with van der Waals surface area (Å²) in [5.41, 5.74) is 1.54. The quantitative estimate of drug-likeness (QED) is 0.388. The third-order valence-corrected chi connectivity index (χ3v) is 7.93. The number of aryl methyl sites for hydroxylation is 1. The van der Waals surface area contributed by atoms with Crippen LogP contribution in [0.15, 0.2) is 83.8 Å². The van der Waals surface area contributed by atoms with Crippen LogP contribution in [0.25, 0.3) is 0 Å². The zero-order valence-corrected chi connectivity index (χ0v) is 22.9. The van der Waals surface area contributed by atoms with Crippen molar-refractivity contribution in [3.63, 3.8) is 0 Å². The fourth-order valence-electron chi connectivity index (χ4n) is 3.94. The molecule has 0 radical (unpaired) electrons. The molecule has 0 fully saturated rings. The maximum Gasteiger partial charge on any atom is 0.264 e. The first-order valence-electron chi connectivity index (χ1n) is 12.5. The number of anilines is 1. The van der Waals surface area contributed by atoms with Crippen LogP contribution in [0, 0.1) is 5.82 Å². The second kappa shape index (κ2) is 12.7. The first-order valence-corrected chi connectivity index (χ1v) is 14.0. The Morgan fingerprint density at radius 3 is 2.08 bits per heavy atom. The van der Waals surface area contributed by atoms with Crippen LogP contribution >= 0.6 is 0 Å². The number of carbonyl (C=O) groups excluding carboxylic acids is 2. The van der Waals surface area contributed by atoms with Crippen molar-refractivity contribution in [2.45, 2.75) is 57.6 Å². The van der Waals surface area contributed by atoms with Gasteiger partial charge in [0.05, 0.1) is 10.6 Å². The third kappa shape index (κ3) is 6.98. The lowest BCUT2D eigenvalue weighted by atomic mass is 10.1. The predicted molar refractivity (Wildman–Crippen MR) is 146 cm³/mol. The molecule has 0 aliphatic rings. The molecule has 9 heteroatoms. The Labute approximate surface area is 224 Å². The zero-order valence-electron chi connectivity index (χ0n) is 22.1. The number of benzene rings is 3. The lowest BCUT2D eigenvalue weighted by Crippen LogP contribution is -2.52. The number of hydrogen-bond acceptors (Lipinski definition) is 4. The van der Waals surface area contributed by atoms with Crippen molar-refractivity contribution in [3.05, 3.63) is 95.8 Å². The molecule has 0 bridgehead atoms. The van der Waals surface area contributed by atoms with Crippen LogP contribution in [0.1, 0.15) is 38.8 Å². The first-order chi connectivity index (χ1) is 18.0. The Bertz CT molecular complexity index is 1350. The van der Waals surface area contributed by atoms with Crippen LogP contribution in [-0.2, 0) is 32.6 Å². The molecule has 0 aliphatic carbocycles. The summed E-state index contributed by atoms with van der Waals surface area (Å²) < 4.78 is 43.0. The van der Waals surface area contributed by atoms with Crippen LogP contribution in [0.3, 0.4) is 0 Å². The molecule has 202 valence electrons. The fourth-order valence-corrected chi connectivity index (χ4v) is 5.38. The van der Waals surface area contributed by atoms with Crippen LogP contribution < -0.4 is 9.62 Å². The van der Waals surface area contributed by atoms with Gasteiger partial charge in [-0.15, -0.1) is 0 Å². The van der Waals surface area contributed by atoms with E-state index in [1.807, 2.05) is 19.1 Å². The molecule has 0 heterocycles. The van der Waals surface area contributed by atoms with E-state index in [2.05, 4.69) is 5.32 Å². The van der Waals surface area contributed by atoms with Gasteiger partial charge in [0.2, 0.25) is 11.8 Å². The van der Waals surface area contributed by atoms with Crippen LogP contribution in [0.5, 0.6) is 0 Å². The number of carbonyl (C=O) groups is 2. The van der Waals surface area contributed by atoms with Gasteiger partial charge in [-0.1, -0.05) is 55.5 Å². The number of rotatable bonds is 11. The van der Waals surface area contributed by atoms with E-state index in [4.69, 9.17) is 0 Å². The smallest absolute Gasteiger partial charge is 0.264 e. The monoisotopic (exact) mass is 539 g/mol. The molecule has 0 unspecified atom stereocenters. The van der Waals surface area contributed by atoms with Crippen molar-refractivity contribution in [1.82, 2.24) is 10.2 Å². The molecule has 0 saturated carbocycles. The van der Waals surface area contributed by atoms with Crippen molar-refractivity contribution in [2.24, 2.45) is 0 Å². The molecule has 7 nitrogen and oxygen atoms in total. The van der Waals surface area contributed by atoms with Crippen LogP contribution in [0.2, 0.25) is 0 Å². The molecule has 3 aromatic rings. The van der Waals surface area contributed by atoms with E-state index < -0.39 is 40.2 Å². The average molecular weight is 540 g/mol. The third-order valence-electron chi connectivity index (χ3n) is 6.14. The summed E-state index contributed by atoms with van der Waals surface area (Å²) in [4.78, 5) is 27.9. The number of hydrogen-bond donors (Lipinski definition) is 1. The largest absolute Gasteiger partial charge is 0.352 e. The second-order valence-electron chi connectivity index (χ2n) is 9.30. The molecule has 0 spiro atoms. The van der Waals surface area contributed by atoms with Crippen molar-refractivity contribution in [3.8, 4) is 0 Å². The predicted octanol–water partition coefficient (Wildman–Crippen LogP) is 4.53. The molecule has 3 rings (SSSR count). The van der Waals surface area contributed by atoms with Gasteiger partial charge in [-0.2, -0.15) is 0 Å². The standard InChI is InChI=1S/C29H34FN3O4S/c1-5-23-15-17-25(18-16-23)33(38(36,37)26-12-7-6-8-13-26)20-28(34)32(22(4)29(35)31-21(2)3)19-24-11-9-10-14-27(24)30/h6-18,21-22H,5,19-20H2,1-4H3,(H,31,35)/t22-/m0/s1. The molecule has 38 heavy (non-hydrogen) atoms. The molecular weight excluding hydrogens is 505 g/mol. The van der Waals surface area contributed by atoms with E-state index in [1.165, 1.54) is 35.2 Å². The Hall–Kier alpha value is -3.72. The molecular formula is C29H34FN3O4S. The van der Waals surface area contributed by atoms with Gasteiger partial charge in [-0.25, -0.2) is 12.8 Å². The van der Waals surface area contributed by atoms with Crippen molar-refractivity contribution < 1.29 is 22.4 Å². The second-order valence-corrected chi connectivity index (χ2v) is 11.2. The minimum atomic E-state index is -4.14. The minimum Gasteiger partial charge on any atom is -0.352 e. The summed E-state index contributed by atoms with van der Waals surface area (Å²) in [6, 6.07) is 19.6. The van der Waals surface area contributed by atoms with E-state index in [1.54, 1.807) is 57.2 Å². The summed E-state index contributed by atoms with van der Waals surface area (Å²) >= 11 is 0. The van der Waals surface area contributed by atoms with Crippen molar-refractivity contribution >= 4 is 27.5 Å². The van der Waals surface area contributed by atoms with Gasteiger partial charge < -0.3 is 10.2 Å². The topological polar surface area (TPSA) is 86.8 Å². The molecule has 0 saturated heterocycles. The van der Waals surface area contributed by atoms with E-state index in [0.29, 0.717) is 5.69 Å². The van der Waals surface area contributed by atoms with E-state index in [-0.39, 0.29) is 23.0 Å². The van der Waals surface area contributed by atoms with Gasteiger partial charge in [0, 0.05) is 18.2 Å². The molecule has 0 aromatic heterocycles. The molecule has 3 aromatic carbocycles. The van der Waals surface area contributed by atoms with Crippen LogP contribution in [0.4, 0.5) is 10.1 Å². The Kier molecular flexibility index (Phi) is 9.63. The number of halogens is 1. The normalized spacial score (nSPS) is 12.2. The summed E-state index contributed by atoms with van der Waals surface area (Å²) in [6.45, 7) is 6.34. The van der Waals surface area contributed by atoms with Gasteiger partial charge in [0.25, 0.3) is 10.0 Å². The fraction of sp³-hybridized carbons (Fsp3) is 0.310. The number of nitrogens with one attached hydrogen (secondary N) is 1. The van der Waals surface area contributed by atoms with Gasteiger partial charge in [-0.3, -0.25) is 13.9 Å². The van der Waals surface area contributed by atoms with E-state index in [9.17, 15) is 22.4 Å². The summed E-state index contributed by atoms with van der Waals surface area (Å²) in [5.74, 6) is -1.58. The minimum absolute atomic E-state index is 0.0265. The lowest BCUT2D eigenvalue weighted by Gasteiger charge is -2.32. The van der Waals surface area contributed by atoms with Crippen LogP contribution in [-0.4, -0.2) is 43.8 Å². The van der Waals surface area contributed by atoms with E-state index >= 15 is 0 Å². The first kappa shape index (κ1) is 28.8.